The zero-order chi connectivity index (χ0) is 27.7. The van der Waals surface area contributed by atoms with Gasteiger partial charge < -0.3 is 14.0 Å². The second kappa shape index (κ2) is 11.2. The third kappa shape index (κ3) is 5.29. The van der Waals surface area contributed by atoms with Crippen LogP contribution in [-0.4, -0.2) is 17.6 Å². The fraction of sp³-hybridized carbons (Fsp3) is 0.364. The van der Waals surface area contributed by atoms with Gasteiger partial charge in [0.2, 0.25) is 0 Å². The lowest BCUT2D eigenvalue weighted by Crippen LogP contribution is -2.22. The second-order valence-electron chi connectivity index (χ2n) is 10.9. The van der Waals surface area contributed by atoms with Crippen LogP contribution >= 0.6 is 0 Å². The molecule has 0 spiro atoms. The van der Waals surface area contributed by atoms with Crippen LogP contribution in [0.25, 0.3) is 16.6 Å². The number of aryl methyl sites for hydroxylation is 1. The summed E-state index contributed by atoms with van der Waals surface area (Å²) in [6, 6.07) is 17.9. The molecule has 1 aliphatic carbocycles. The fourth-order valence-electron chi connectivity index (χ4n) is 6.06. The Kier molecular flexibility index (Phi) is 7.74. The maximum absolute atomic E-state index is 15.2. The first-order chi connectivity index (χ1) is 18.8. The van der Waals surface area contributed by atoms with Gasteiger partial charge in [0.05, 0.1) is 18.5 Å². The van der Waals surface area contributed by atoms with Gasteiger partial charge >= 0.3 is 5.97 Å². The molecule has 1 heterocycles. The molecule has 204 valence electrons. The minimum atomic E-state index is -0.389. The Bertz CT molecular complexity index is 1480. The number of aromatic nitrogens is 1. The Hall–Kier alpha value is -3.67. The maximum Gasteiger partial charge on any atom is 0.308 e. The van der Waals surface area contributed by atoms with Crippen molar-refractivity contribution in [2.75, 3.05) is 7.11 Å². The van der Waals surface area contributed by atoms with Gasteiger partial charge in [0.25, 0.3) is 0 Å². The van der Waals surface area contributed by atoms with Gasteiger partial charge in [-0.3, -0.25) is 4.79 Å². The van der Waals surface area contributed by atoms with Gasteiger partial charge in [-0.2, -0.15) is 0 Å². The van der Waals surface area contributed by atoms with E-state index < -0.39 is 0 Å². The number of hydrogen-bond donors (Lipinski definition) is 0. The summed E-state index contributed by atoms with van der Waals surface area (Å²) in [4.78, 5) is 12.2. The van der Waals surface area contributed by atoms with Crippen molar-refractivity contribution < 1.29 is 23.0 Å². The number of hydrogen-bond acceptors (Lipinski definition) is 3. The number of fused-ring (bicyclic) bond motifs is 1. The van der Waals surface area contributed by atoms with Gasteiger partial charge in [-0.25, -0.2) is 8.78 Å². The van der Waals surface area contributed by atoms with Gasteiger partial charge in [-0.15, -0.1) is 0 Å². The zero-order valence-corrected chi connectivity index (χ0v) is 23.0. The van der Waals surface area contributed by atoms with Crippen molar-refractivity contribution >= 4 is 16.9 Å². The van der Waals surface area contributed by atoms with E-state index in [0.717, 1.165) is 53.6 Å². The van der Waals surface area contributed by atoms with Crippen molar-refractivity contribution in [3.63, 3.8) is 0 Å². The monoisotopic (exact) mass is 531 g/mol. The largest absolute Gasteiger partial charge is 0.488 e. The second-order valence-corrected chi connectivity index (χ2v) is 10.9. The molecule has 4 nitrogen and oxygen atoms in total. The van der Waals surface area contributed by atoms with Gasteiger partial charge in [0.15, 0.2) is 0 Å². The van der Waals surface area contributed by atoms with Gasteiger partial charge in [-0.1, -0.05) is 44.2 Å². The van der Waals surface area contributed by atoms with E-state index in [0.29, 0.717) is 23.4 Å². The van der Waals surface area contributed by atoms with E-state index in [2.05, 4.69) is 18.4 Å². The van der Waals surface area contributed by atoms with E-state index in [1.165, 1.54) is 19.2 Å². The lowest BCUT2D eigenvalue weighted by atomic mass is 9.77. The minimum absolute atomic E-state index is 0.0983. The molecule has 1 aliphatic rings. The number of nitrogens with zero attached hydrogens (tertiary/aromatic N) is 1. The lowest BCUT2D eigenvalue weighted by molar-refractivity contribution is -0.146. The molecule has 3 aromatic carbocycles. The standard InChI is InChI=1S/C33H35F2NO3/c1-20(2)32-30(23-10-12-24(13-11-23)33(37)38-4)31-28(36(32)26-14-15-27(35)21(3)16-26)17-25(34)18-29(31)39-19-22-8-6-5-7-9-22/h5-9,14-18,20,23-24H,10-13,19H2,1-4H3. The van der Waals surface area contributed by atoms with E-state index in [1.54, 1.807) is 19.1 Å². The van der Waals surface area contributed by atoms with Crippen LogP contribution in [0, 0.1) is 24.5 Å². The van der Waals surface area contributed by atoms with E-state index in [9.17, 15) is 9.18 Å². The summed E-state index contributed by atoms with van der Waals surface area (Å²) < 4.78 is 42.9. The van der Waals surface area contributed by atoms with Crippen LogP contribution in [0.1, 0.15) is 73.8 Å². The highest BCUT2D eigenvalue weighted by atomic mass is 19.1. The summed E-state index contributed by atoms with van der Waals surface area (Å²) in [6.07, 6.45) is 3.10. The quantitative estimate of drug-likeness (QED) is 0.225. The van der Waals surface area contributed by atoms with Gasteiger partial charge in [-0.05, 0) is 85.4 Å². The van der Waals surface area contributed by atoms with E-state index in [1.807, 2.05) is 36.4 Å². The highest BCUT2D eigenvalue weighted by Gasteiger charge is 2.34. The highest BCUT2D eigenvalue weighted by molar-refractivity contribution is 5.93. The first-order valence-electron chi connectivity index (χ1n) is 13.7. The number of carbonyl (C=O) groups is 1. The van der Waals surface area contributed by atoms with Crippen LogP contribution in [0.15, 0.2) is 60.7 Å². The SMILES string of the molecule is COC(=O)C1CCC(c2c(C(C)C)n(-c3ccc(F)c(C)c3)c3cc(F)cc(OCc4ccccc4)c23)CC1. The summed E-state index contributed by atoms with van der Waals surface area (Å²) in [5.74, 6) is -0.165. The number of rotatable bonds is 7. The number of ether oxygens (including phenoxy) is 2. The molecule has 0 atom stereocenters. The molecule has 5 rings (SSSR count). The Labute approximate surface area is 228 Å². The predicted octanol–water partition coefficient (Wildman–Crippen LogP) is 8.37. The van der Waals surface area contributed by atoms with Crippen LogP contribution in [-0.2, 0) is 16.1 Å². The topological polar surface area (TPSA) is 40.5 Å². The molecule has 6 heteroatoms. The number of methoxy groups -OCH3 is 1. The number of carbonyl (C=O) groups excluding carboxylic acids is 1. The Morgan fingerprint density at radius 2 is 1.72 bits per heavy atom. The number of esters is 1. The molecular weight excluding hydrogens is 496 g/mol. The third-order valence-corrected chi connectivity index (χ3v) is 7.93. The summed E-state index contributed by atoms with van der Waals surface area (Å²) in [5, 5.41) is 0.888. The first-order valence-corrected chi connectivity index (χ1v) is 13.7. The van der Waals surface area contributed by atoms with Crippen LogP contribution < -0.4 is 4.74 Å². The van der Waals surface area contributed by atoms with E-state index in [-0.39, 0.29) is 35.4 Å². The summed E-state index contributed by atoms with van der Waals surface area (Å²) >= 11 is 0. The molecule has 0 amide bonds. The Morgan fingerprint density at radius 1 is 1.00 bits per heavy atom. The molecule has 1 fully saturated rings. The smallest absolute Gasteiger partial charge is 0.308 e. The van der Waals surface area contributed by atoms with Crippen molar-refractivity contribution in [1.29, 1.82) is 0 Å². The zero-order valence-electron chi connectivity index (χ0n) is 23.0. The highest BCUT2D eigenvalue weighted by Crippen LogP contribution is 2.48. The van der Waals surface area contributed by atoms with Crippen molar-refractivity contribution in [1.82, 2.24) is 4.57 Å². The van der Waals surface area contributed by atoms with Crippen LogP contribution in [0.2, 0.25) is 0 Å². The molecule has 0 N–H and O–H groups in total. The maximum atomic E-state index is 15.2. The van der Waals surface area contributed by atoms with Gasteiger partial charge in [0.1, 0.15) is 24.0 Å². The third-order valence-electron chi connectivity index (χ3n) is 7.93. The van der Waals surface area contributed by atoms with E-state index in [4.69, 9.17) is 9.47 Å². The van der Waals surface area contributed by atoms with E-state index >= 15 is 4.39 Å². The molecule has 4 aromatic rings. The molecule has 0 aliphatic heterocycles. The molecule has 1 aromatic heterocycles. The molecular formula is C33H35F2NO3. The fourth-order valence-corrected chi connectivity index (χ4v) is 6.06. The molecule has 0 unspecified atom stereocenters. The van der Waals surface area contributed by atoms with Crippen LogP contribution in [0.3, 0.4) is 0 Å². The van der Waals surface area contributed by atoms with Crippen molar-refractivity contribution in [2.45, 2.75) is 64.9 Å². The predicted molar refractivity (Wildman–Crippen MR) is 150 cm³/mol. The Morgan fingerprint density at radius 3 is 2.36 bits per heavy atom. The van der Waals surface area contributed by atoms with Crippen LogP contribution in [0.4, 0.5) is 8.78 Å². The van der Waals surface area contributed by atoms with Gasteiger partial charge in [0, 0.05) is 22.8 Å². The van der Waals surface area contributed by atoms with Crippen LogP contribution in [0.5, 0.6) is 5.75 Å². The van der Waals surface area contributed by atoms with Crippen molar-refractivity contribution in [3.05, 3.63) is 94.7 Å². The normalized spacial score (nSPS) is 17.5. The molecule has 39 heavy (non-hydrogen) atoms. The average molecular weight is 532 g/mol. The molecule has 0 radical (unpaired) electrons. The van der Waals surface area contributed by atoms with Crippen molar-refractivity contribution in [3.8, 4) is 11.4 Å². The molecule has 0 bridgehead atoms. The summed E-state index contributed by atoms with van der Waals surface area (Å²) in [6.45, 7) is 6.31. The summed E-state index contributed by atoms with van der Waals surface area (Å²) in [7, 11) is 1.44. The lowest BCUT2D eigenvalue weighted by Gasteiger charge is -2.29. The summed E-state index contributed by atoms with van der Waals surface area (Å²) in [5.41, 5.74) is 5.21. The Balaban J connectivity index is 1.71. The number of benzene rings is 3. The first kappa shape index (κ1) is 26.9. The average Bonchev–Trinajstić information content (AvgIpc) is 3.28. The molecule has 0 saturated heterocycles. The molecule has 1 saturated carbocycles. The number of halogens is 2. The minimum Gasteiger partial charge on any atom is -0.488 e. The van der Waals surface area contributed by atoms with Crippen molar-refractivity contribution in [2.24, 2.45) is 5.92 Å².